The average Bonchev–Trinajstić information content (AvgIpc) is 3.32. The Hall–Kier alpha value is -1.55. The topological polar surface area (TPSA) is 55.6 Å². The zero-order valence-electron chi connectivity index (χ0n) is 13.4. The van der Waals surface area contributed by atoms with Gasteiger partial charge < -0.3 is 15.4 Å². The molecule has 0 aromatic heterocycles. The standard InChI is InChI=1S/C18H26N2O2/c1-22-16-8-6-14(7-9-16)4-5-15-3-2-12-20(13-15)17(21)18(19)10-11-18/h6-9,15H,2-5,10-13,19H2,1H3/t15-/m0/s1. The molecule has 22 heavy (non-hydrogen) atoms. The van der Waals surface area contributed by atoms with E-state index in [-0.39, 0.29) is 5.91 Å². The summed E-state index contributed by atoms with van der Waals surface area (Å²) in [7, 11) is 1.69. The number of carbonyl (C=O) groups is 1. The summed E-state index contributed by atoms with van der Waals surface area (Å²) in [5.41, 5.74) is 6.87. The third kappa shape index (κ3) is 3.43. The fourth-order valence-electron chi connectivity index (χ4n) is 3.31. The number of nitrogens with zero attached hydrogens (tertiary/aromatic N) is 1. The Morgan fingerprint density at radius 1 is 1.36 bits per heavy atom. The quantitative estimate of drug-likeness (QED) is 0.908. The van der Waals surface area contributed by atoms with Gasteiger partial charge in [-0.2, -0.15) is 0 Å². The summed E-state index contributed by atoms with van der Waals surface area (Å²) in [4.78, 5) is 14.4. The first-order chi connectivity index (χ1) is 10.6. The maximum Gasteiger partial charge on any atom is 0.242 e. The lowest BCUT2D eigenvalue weighted by Gasteiger charge is -2.34. The van der Waals surface area contributed by atoms with Gasteiger partial charge in [0.1, 0.15) is 5.75 Å². The molecule has 1 saturated carbocycles. The Morgan fingerprint density at radius 3 is 2.73 bits per heavy atom. The molecule has 0 spiro atoms. The second-order valence-electron chi connectivity index (χ2n) is 6.80. The first-order valence-corrected chi connectivity index (χ1v) is 8.32. The second-order valence-corrected chi connectivity index (χ2v) is 6.80. The molecule has 2 N–H and O–H groups in total. The Kier molecular flexibility index (Phi) is 4.39. The predicted molar refractivity (Wildman–Crippen MR) is 86.8 cm³/mol. The Bertz CT molecular complexity index is 522. The highest BCUT2D eigenvalue weighted by atomic mass is 16.5. The molecule has 1 aromatic carbocycles. The van der Waals surface area contributed by atoms with E-state index in [2.05, 4.69) is 12.1 Å². The molecule has 1 amide bonds. The number of hydrogen-bond donors (Lipinski definition) is 1. The summed E-state index contributed by atoms with van der Waals surface area (Å²) in [5.74, 6) is 1.68. The van der Waals surface area contributed by atoms with E-state index in [9.17, 15) is 4.79 Å². The van der Waals surface area contributed by atoms with Crippen LogP contribution < -0.4 is 10.5 Å². The van der Waals surface area contributed by atoms with Crippen LogP contribution in [-0.2, 0) is 11.2 Å². The van der Waals surface area contributed by atoms with Crippen LogP contribution in [0.25, 0.3) is 0 Å². The largest absolute Gasteiger partial charge is 0.497 e. The van der Waals surface area contributed by atoms with Crippen molar-refractivity contribution in [2.45, 2.75) is 44.1 Å². The lowest BCUT2D eigenvalue weighted by Crippen LogP contribution is -2.49. The number of likely N-dealkylation sites (tertiary alicyclic amines) is 1. The van der Waals surface area contributed by atoms with Crippen molar-refractivity contribution in [1.29, 1.82) is 0 Å². The summed E-state index contributed by atoms with van der Waals surface area (Å²) in [5, 5.41) is 0. The van der Waals surface area contributed by atoms with Crippen molar-refractivity contribution in [3.63, 3.8) is 0 Å². The van der Waals surface area contributed by atoms with E-state index in [1.54, 1.807) is 7.11 Å². The minimum absolute atomic E-state index is 0.182. The number of amides is 1. The van der Waals surface area contributed by atoms with Gasteiger partial charge in [-0.3, -0.25) is 4.79 Å². The normalized spacial score (nSPS) is 23.2. The van der Waals surface area contributed by atoms with E-state index < -0.39 is 5.54 Å². The van der Waals surface area contributed by atoms with Crippen LogP contribution in [0, 0.1) is 5.92 Å². The third-order valence-corrected chi connectivity index (χ3v) is 5.02. The number of carbonyl (C=O) groups excluding carboxylic acids is 1. The number of rotatable bonds is 5. The number of benzene rings is 1. The zero-order chi connectivity index (χ0) is 15.6. The van der Waals surface area contributed by atoms with Crippen molar-refractivity contribution in [1.82, 2.24) is 4.90 Å². The predicted octanol–water partition coefficient (Wildman–Crippen LogP) is 2.36. The van der Waals surface area contributed by atoms with E-state index >= 15 is 0 Å². The van der Waals surface area contributed by atoms with E-state index in [0.717, 1.165) is 50.9 Å². The van der Waals surface area contributed by atoms with Crippen molar-refractivity contribution < 1.29 is 9.53 Å². The number of aryl methyl sites for hydroxylation is 1. The third-order valence-electron chi connectivity index (χ3n) is 5.02. The van der Waals surface area contributed by atoms with E-state index in [1.165, 1.54) is 12.0 Å². The van der Waals surface area contributed by atoms with Gasteiger partial charge in [-0.05, 0) is 62.1 Å². The van der Waals surface area contributed by atoms with Crippen LogP contribution in [0.5, 0.6) is 5.75 Å². The molecule has 1 aliphatic heterocycles. The van der Waals surface area contributed by atoms with Gasteiger partial charge in [0.25, 0.3) is 0 Å². The van der Waals surface area contributed by atoms with Crippen molar-refractivity contribution in [3.05, 3.63) is 29.8 Å². The first-order valence-electron chi connectivity index (χ1n) is 8.32. The molecular formula is C18H26N2O2. The van der Waals surface area contributed by atoms with Crippen LogP contribution in [0.3, 0.4) is 0 Å². The highest BCUT2D eigenvalue weighted by molar-refractivity contribution is 5.89. The molecular weight excluding hydrogens is 276 g/mol. The molecule has 1 aromatic rings. The molecule has 0 unspecified atom stereocenters. The van der Waals surface area contributed by atoms with E-state index in [0.29, 0.717) is 5.92 Å². The van der Waals surface area contributed by atoms with Crippen LogP contribution in [0.2, 0.25) is 0 Å². The summed E-state index contributed by atoms with van der Waals surface area (Å²) < 4.78 is 5.19. The highest BCUT2D eigenvalue weighted by Gasteiger charge is 2.48. The Morgan fingerprint density at radius 2 is 2.09 bits per heavy atom. The molecule has 4 heteroatoms. The maximum absolute atomic E-state index is 12.4. The lowest BCUT2D eigenvalue weighted by molar-refractivity contribution is -0.135. The van der Waals surface area contributed by atoms with Crippen LogP contribution >= 0.6 is 0 Å². The van der Waals surface area contributed by atoms with Crippen LogP contribution in [-0.4, -0.2) is 36.5 Å². The minimum atomic E-state index is -0.516. The second kappa shape index (κ2) is 6.29. The molecule has 1 atom stereocenters. The molecule has 0 radical (unpaired) electrons. The van der Waals surface area contributed by atoms with Gasteiger partial charge in [0.2, 0.25) is 5.91 Å². The summed E-state index contributed by atoms with van der Waals surface area (Å²) in [6.07, 6.45) is 6.24. The number of methoxy groups -OCH3 is 1. The maximum atomic E-state index is 12.4. The van der Waals surface area contributed by atoms with Crippen molar-refractivity contribution in [3.8, 4) is 5.75 Å². The molecule has 4 nitrogen and oxygen atoms in total. The lowest BCUT2D eigenvalue weighted by atomic mass is 9.91. The smallest absolute Gasteiger partial charge is 0.242 e. The molecule has 1 saturated heterocycles. The molecule has 3 rings (SSSR count). The number of piperidine rings is 1. The van der Waals surface area contributed by atoms with Crippen molar-refractivity contribution >= 4 is 5.91 Å². The van der Waals surface area contributed by atoms with Gasteiger partial charge in [0.05, 0.1) is 12.6 Å². The first kappa shape index (κ1) is 15.3. The van der Waals surface area contributed by atoms with Gasteiger partial charge in [0.15, 0.2) is 0 Å². The molecule has 2 fully saturated rings. The zero-order valence-corrected chi connectivity index (χ0v) is 13.4. The van der Waals surface area contributed by atoms with Gasteiger partial charge in [0, 0.05) is 13.1 Å². The molecule has 120 valence electrons. The van der Waals surface area contributed by atoms with Crippen LogP contribution in [0.1, 0.15) is 37.7 Å². The Labute approximate surface area is 132 Å². The van der Waals surface area contributed by atoms with Gasteiger partial charge in [-0.15, -0.1) is 0 Å². The van der Waals surface area contributed by atoms with Crippen LogP contribution in [0.4, 0.5) is 0 Å². The van der Waals surface area contributed by atoms with Crippen LogP contribution in [0.15, 0.2) is 24.3 Å². The monoisotopic (exact) mass is 302 g/mol. The number of hydrogen-bond acceptors (Lipinski definition) is 3. The van der Waals surface area contributed by atoms with Crippen molar-refractivity contribution in [2.75, 3.05) is 20.2 Å². The highest BCUT2D eigenvalue weighted by Crippen LogP contribution is 2.35. The molecule has 1 aliphatic carbocycles. The molecule has 1 heterocycles. The fraction of sp³-hybridized carbons (Fsp3) is 0.611. The average molecular weight is 302 g/mol. The van der Waals surface area contributed by atoms with Gasteiger partial charge in [-0.1, -0.05) is 12.1 Å². The van der Waals surface area contributed by atoms with E-state index in [4.69, 9.17) is 10.5 Å². The molecule has 2 aliphatic rings. The SMILES string of the molecule is COc1ccc(CC[C@@H]2CCCN(C(=O)C3(N)CC3)C2)cc1. The minimum Gasteiger partial charge on any atom is -0.497 e. The number of ether oxygens (including phenoxy) is 1. The number of nitrogens with two attached hydrogens (primary N) is 1. The van der Waals surface area contributed by atoms with E-state index in [1.807, 2.05) is 17.0 Å². The van der Waals surface area contributed by atoms with Gasteiger partial charge >= 0.3 is 0 Å². The fourth-order valence-corrected chi connectivity index (χ4v) is 3.31. The summed E-state index contributed by atoms with van der Waals surface area (Å²) in [6.45, 7) is 1.77. The Balaban J connectivity index is 1.50. The van der Waals surface area contributed by atoms with Gasteiger partial charge in [-0.25, -0.2) is 0 Å². The summed E-state index contributed by atoms with van der Waals surface area (Å²) >= 11 is 0. The molecule has 0 bridgehead atoms. The summed E-state index contributed by atoms with van der Waals surface area (Å²) in [6, 6.07) is 8.28. The van der Waals surface area contributed by atoms with Crippen molar-refractivity contribution in [2.24, 2.45) is 11.7 Å².